The van der Waals surface area contributed by atoms with E-state index in [0.717, 1.165) is 5.56 Å². The van der Waals surface area contributed by atoms with Crippen LogP contribution in [-0.2, 0) is 16.0 Å². The van der Waals surface area contributed by atoms with Crippen LogP contribution in [0.25, 0.3) is 0 Å². The van der Waals surface area contributed by atoms with Crippen molar-refractivity contribution in [3.05, 3.63) is 66.0 Å². The van der Waals surface area contributed by atoms with Gasteiger partial charge in [-0.15, -0.1) is 0 Å². The summed E-state index contributed by atoms with van der Waals surface area (Å²) in [6.07, 6.45) is 3.63. The summed E-state index contributed by atoms with van der Waals surface area (Å²) < 4.78 is 0. The predicted molar refractivity (Wildman–Crippen MR) is 102 cm³/mol. The molecule has 28 heavy (non-hydrogen) atoms. The maximum Gasteiger partial charge on any atom is 0.254 e. The van der Waals surface area contributed by atoms with Crippen LogP contribution < -0.4 is 0 Å². The molecule has 0 aliphatic carbocycles. The number of piperazine rings is 2. The van der Waals surface area contributed by atoms with E-state index < -0.39 is 12.1 Å². The Morgan fingerprint density at radius 2 is 1.75 bits per heavy atom. The fraction of sp³-hybridized carbons (Fsp3) is 0.333. The van der Waals surface area contributed by atoms with E-state index >= 15 is 0 Å². The number of pyridine rings is 1. The Morgan fingerprint density at radius 3 is 2.46 bits per heavy atom. The van der Waals surface area contributed by atoms with E-state index in [2.05, 4.69) is 4.98 Å². The molecule has 144 valence electrons. The van der Waals surface area contributed by atoms with Crippen molar-refractivity contribution in [2.75, 3.05) is 26.7 Å². The standard InChI is InChI=1S/C21H22N4O3/c1-23-17(13-15-5-3-2-4-6-15)21(28)25-12-11-24(14-18(25)20(23)27)19(26)16-7-9-22-10-8-16/h2-10,17-18H,11-14H2,1H3/t17-,18+/m1/s1. The highest BCUT2D eigenvalue weighted by Gasteiger charge is 2.47. The molecule has 2 atom stereocenters. The van der Waals surface area contributed by atoms with Crippen molar-refractivity contribution in [3.63, 3.8) is 0 Å². The van der Waals surface area contributed by atoms with E-state index in [1.54, 1.807) is 41.4 Å². The number of nitrogens with zero attached hydrogens (tertiary/aromatic N) is 4. The Bertz CT molecular complexity index is 887. The van der Waals surface area contributed by atoms with Crippen LogP contribution >= 0.6 is 0 Å². The van der Waals surface area contributed by atoms with Gasteiger partial charge in [0.2, 0.25) is 11.8 Å². The van der Waals surface area contributed by atoms with Crippen molar-refractivity contribution in [3.8, 4) is 0 Å². The average molecular weight is 378 g/mol. The molecule has 7 heteroatoms. The number of hydrogen-bond donors (Lipinski definition) is 0. The minimum Gasteiger partial charge on any atom is -0.334 e. The van der Waals surface area contributed by atoms with E-state index in [4.69, 9.17) is 0 Å². The van der Waals surface area contributed by atoms with E-state index in [1.165, 1.54) is 4.90 Å². The molecule has 0 saturated carbocycles. The third-order valence-electron chi connectivity index (χ3n) is 5.54. The highest BCUT2D eigenvalue weighted by atomic mass is 16.2. The van der Waals surface area contributed by atoms with Gasteiger partial charge in [-0.05, 0) is 17.7 Å². The van der Waals surface area contributed by atoms with Gasteiger partial charge in [-0.1, -0.05) is 30.3 Å². The molecule has 4 rings (SSSR count). The van der Waals surface area contributed by atoms with Gasteiger partial charge in [-0.3, -0.25) is 19.4 Å². The van der Waals surface area contributed by atoms with Crippen molar-refractivity contribution in [2.24, 2.45) is 0 Å². The number of aromatic nitrogens is 1. The lowest BCUT2D eigenvalue weighted by molar-refractivity contribution is -0.163. The second kappa shape index (κ2) is 7.42. The van der Waals surface area contributed by atoms with Crippen molar-refractivity contribution in [2.45, 2.75) is 18.5 Å². The zero-order valence-corrected chi connectivity index (χ0v) is 15.7. The number of rotatable bonds is 3. The third-order valence-corrected chi connectivity index (χ3v) is 5.54. The summed E-state index contributed by atoms with van der Waals surface area (Å²) >= 11 is 0. The molecule has 0 N–H and O–H groups in total. The number of fused-ring (bicyclic) bond motifs is 1. The Labute approximate surface area is 163 Å². The van der Waals surface area contributed by atoms with Crippen LogP contribution in [0.5, 0.6) is 0 Å². The molecule has 0 bridgehead atoms. The van der Waals surface area contributed by atoms with Gasteiger partial charge in [0.1, 0.15) is 12.1 Å². The Hall–Kier alpha value is -3.22. The van der Waals surface area contributed by atoms with Crippen molar-refractivity contribution >= 4 is 17.7 Å². The first-order valence-corrected chi connectivity index (χ1v) is 9.36. The fourth-order valence-corrected chi connectivity index (χ4v) is 3.93. The number of benzene rings is 1. The first kappa shape index (κ1) is 18.2. The molecule has 2 saturated heterocycles. The summed E-state index contributed by atoms with van der Waals surface area (Å²) in [5, 5.41) is 0. The number of hydrogen-bond acceptors (Lipinski definition) is 4. The van der Waals surface area contributed by atoms with Crippen LogP contribution in [0.3, 0.4) is 0 Å². The first-order valence-electron chi connectivity index (χ1n) is 9.36. The quantitative estimate of drug-likeness (QED) is 0.793. The summed E-state index contributed by atoms with van der Waals surface area (Å²) in [5.74, 6) is -0.309. The zero-order chi connectivity index (χ0) is 19.7. The maximum absolute atomic E-state index is 13.1. The molecule has 0 spiro atoms. The molecule has 1 aromatic carbocycles. The predicted octanol–water partition coefficient (Wildman–Crippen LogP) is 0.818. The number of likely N-dealkylation sites (N-methyl/N-ethyl adjacent to an activating group) is 1. The number of amides is 3. The second-order valence-electron chi connectivity index (χ2n) is 7.19. The Kier molecular flexibility index (Phi) is 4.81. The molecule has 2 aromatic rings. The SMILES string of the molecule is CN1C(=O)[C@@H]2CN(C(=O)c3ccncc3)CCN2C(=O)[C@H]1Cc1ccccc1. The summed E-state index contributed by atoms with van der Waals surface area (Å²) in [7, 11) is 1.68. The lowest BCUT2D eigenvalue weighted by Crippen LogP contribution is -2.70. The summed E-state index contributed by atoms with van der Waals surface area (Å²) in [6.45, 7) is 0.998. The van der Waals surface area contributed by atoms with Gasteiger partial charge in [0, 0.05) is 44.5 Å². The average Bonchev–Trinajstić information content (AvgIpc) is 2.75. The van der Waals surface area contributed by atoms with Crippen LogP contribution in [-0.4, -0.2) is 76.2 Å². The Morgan fingerprint density at radius 1 is 1.04 bits per heavy atom. The lowest BCUT2D eigenvalue weighted by Gasteiger charge is -2.48. The molecule has 0 radical (unpaired) electrons. The number of carbonyl (C=O) groups excluding carboxylic acids is 3. The maximum atomic E-state index is 13.1. The van der Waals surface area contributed by atoms with Gasteiger partial charge < -0.3 is 14.7 Å². The highest BCUT2D eigenvalue weighted by Crippen LogP contribution is 2.24. The molecular weight excluding hydrogens is 356 g/mol. The van der Waals surface area contributed by atoms with Crippen LogP contribution in [0.4, 0.5) is 0 Å². The van der Waals surface area contributed by atoms with Gasteiger partial charge in [0.15, 0.2) is 0 Å². The van der Waals surface area contributed by atoms with Gasteiger partial charge in [-0.25, -0.2) is 0 Å². The Balaban J connectivity index is 1.51. The molecule has 2 aliphatic heterocycles. The topological polar surface area (TPSA) is 73.8 Å². The van der Waals surface area contributed by atoms with Crippen LogP contribution in [0.15, 0.2) is 54.9 Å². The van der Waals surface area contributed by atoms with Crippen LogP contribution in [0, 0.1) is 0 Å². The summed E-state index contributed by atoms with van der Waals surface area (Å²) in [6, 6.07) is 11.9. The monoisotopic (exact) mass is 378 g/mol. The number of carbonyl (C=O) groups is 3. The molecular formula is C21H22N4O3. The molecule has 2 fully saturated rings. The van der Waals surface area contributed by atoms with Crippen molar-refractivity contribution in [1.82, 2.24) is 19.7 Å². The third kappa shape index (κ3) is 3.24. The molecule has 2 aliphatic rings. The van der Waals surface area contributed by atoms with Crippen molar-refractivity contribution < 1.29 is 14.4 Å². The summed E-state index contributed by atoms with van der Waals surface area (Å²) in [4.78, 5) is 47.6. The normalized spacial score (nSPS) is 22.2. The lowest BCUT2D eigenvalue weighted by atomic mass is 9.97. The molecule has 3 heterocycles. The van der Waals surface area contributed by atoms with Gasteiger partial charge in [0.25, 0.3) is 5.91 Å². The largest absolute Gasteiger partial charge is 0.334 e. The smallest absolute Gasteiger partial charge is 0.254 e. The minimum atomic E-state index is -0.621. The van der Waals surface area contributed by atoms with E-state index in [-0.39, 0.29) is 24.3 Å². The van der Waals surface area contributed by atoms with Gasteiger partial charge in [-0.2, -0.15) is 0 Å². The van der Waals surface area contributed by atoms with Crippen molar-refractivity contribution in [1.29, 1.82) is 0 Å². The molecule has 7 nitrogen and oxygen atoms in total. The van der Waals surface area contributed by atoms with Gasteiger partial charge in [0.05, 0.1) is 6.54 Å². The van der Waals surface area contributed by atoms with E-state index in [9.17, 15) is 14.4 Å². The minimum absolute atomic E-state index is 0.0491. The second-order valence-corrected chi connectivity index (χ2v) is 7.19. The molecule has 3 amide bonds. The first-order chi connectivity index (χ1) is 13.6. The molecule has 0 unspecified atom stereocenters. The van der Waals surface area contributed by atoms with Crippen LogP contribution in [0.1, 0.15) is 15.9 Å². The van der Waals surface area contributed by atoms with Gasteiger partial charge >= 0.3 is 0 Å². The summed E-state index contributed by atoms with van der Waals surface area (Å²) in [5.41, 5.74) is 1.55. The highest BCUT2D eigenvalue weighted by molar-refractivity contribution is 5.99. The fourth-order valence-electron chi connectivity index (χ4n) is 3.93. The van der Waals surface area contributed by atoms with Crippen LogP contribution in [0.2, 0.25) is 0 Å². The van der Waals surface area contributed by atoms with E-state index in [0.29, 0.717) is 25.1 Å². The zero-order valence-electron chi connectivity index (χ0n) is 15.7. The van der Waals surface area contributed by atoms with E-state index in [1.807, 2.05) is 30.3 Å². The molecule has 1 aromatic heterocycles.